The van der Waals surface area contributed by atoms with E-state index in [1.165, 1.54) is 12.1 Å². The summed E-state index contributed by atoms with van der Waals surface area (Å²) in [4.78, 5) is 0. The van der Waals surface area contributed by atoms with Crippen LogP contribution in [0.4, 0.5) is 4.39 Å². The minimum Gasteiger partial charge on any atom is -0.494 e. The molecule has 0 aliphatic heterocycles. The van der Waals surface area contributed by atoms with E-state index in [4.69, 9.17) is 10.6 Å². The topological polar surface area (TPSA) is 47.3 Å². The van der Waals surface area contributed by atoms with Gasteiger partial charge in [-0.2, -0.15) is 0 Å². The molecule has 0 heterocycles. The highest BCUT2D eigenvalue weighted by molar-refractivity contribution is 5.37. The number of nitrogens with one attached hydrogen (secondary N) is 1. The molecule has 0 fully saturated rings. The second-order valence-corrected chi connectivity index (χ2v) is 4.52. The Bertz CT molecular complexity index is 542. The molecule has 0 aliphatic carbocycles. The summed E-state index contributed by atoms with van der Waals surface area (Å²) >= 11 is 0. The quantitative estimate of drug-likeness (QED) is 0.629. The van der Waals surface area contributed by atoms with Gasteiger partial charge in [-0.1, -0.05) is 30.3 Å². The maximum Gasteiger partial charge on any atom is 0.124 e. The zero-order valence-corrected chi connectivity index (χ0v) is 11.5. The molecule has 0 bridgehead atoms. The average molecular weight is 274 g/mol. The van der Waals surface area contributed by atoms with Gasteiger partial charge in [-0.15, -0.1) is 0 Å². The van der Waals surface area contributed by atoms with Crippen molar-refractivity contribution < 1.29 is 9.13 Å². The number of rotatable bonds is 6. The van der Waals surface area contributed by atoms with Crippen LogP contribution in [-0.2, 0) is 6.42 Å². The third-order valence-electron chi connectivity index (χ3n) is 3.15. The van der Waals surface area contributed by atoms with E-state index >= 15 is 0 Å². The molecule has 2 aromatic carbocycles. The largest absolute Gasteiger partial charge is 0.494 e. The molecule has 106 valence electrons. The summed E-state index contributed by atoms with van der Waals surface area (Å²) in [6, 6.07) is 14.2. The standard InChI is InChI=1S/C16H19FN2O/c1-2-20-16-6-4-3-5-14(16)15(19-18)11-12-7-9-13(17)10-8-12/h3-10,15,19H,2,11,18H2,1H3. The third-order valence-corrected chi connectivity index (χ3v) is 3.15. The summed E-state index contributed by atoms with van der Waals surface area (Å²) in [5, 5.41) is 0. The van der Waals surface area contributed by atoms with E-state index in [0.29, 0.717) is 13.0 Å². The van der Waals surface area contributed by atoms with Gasteiger partial charge < -0.3 is 4.74 Å². The molecule has 0 radical (unpaired) electrons. The number of hydrogen-bond donors (Lipinski definition) is 2. The van der Waals surface area contributed by atoms with Crippen LogP contribution in [0, 0.1) is 5.82 Å². The molecule has 2 aromatic rings. The van der Waals surface area contributed by atoms with Gasteiger partial charge in [-0.3, -0.25) is 11.3 Å². The number of para-hydroxylation sites is 1. The van der Waals surface area contributed by atoms with Crippen LogP contribution in [0.3, 0.4) is 0 Å². The lowest BCUT2D eigenvalue weighted by Gasteiger charge is -2.19. The highest BCUT2D eigenvalue weighted by atomic mass is 19.1. The SMILES string of the molecule is CCOc1ccccc1C(Cc1ccc(F)cc1)NN. The van der Waals surface area contributed by atoms with E-state index in [1.54, 1.807) is 12.1 Å². The smallest absolute Gasteiger partial charge is 0.124 e. The Labute approximate surface area is 118 Å². The van der Waals surface area contributed by atoms with Crippen molar-refractivity contribution in [2.45, 2.75) is 19.4 Å². The molecular weight excluding hydrogens is 255 g/mol. The van der Waals surface area contributed by atoms with Crippen molar-refractivity contribution in [1.82, 2.24) is 5.43 Å². The summed E-state index contributed by atoms with van der Waals surface area (Å²) in [6.45, 7) is 2.55. The van der Waals surface area contributed by atoms with E-state index in [1.807, 2.05) is 31.2 Å². The van der Waals surface area contributed by atoms with Crippen LogP contribution in [0.1, 0.15) is 24.1 Å². The summed E-state index contributed by atoms with van der Waals surface area (Å²) in [7, 11) is 0. The number of halogens is 1. The summed E-state index contributed by atoms with van der Waals surface area (Å²) in [5.74, 6) is 6.25. The molecule has 1 atom stereocenters. The van der Waals surface area contributed by atoms with Gasteiger partial charge >= 0.3 is 0 Å². The predicted octanol–water partition coefficient (Wildman–Crippen LogP) is 2.97. The van der Waals surface area contributed by atoms with Crippen molar-refractivity contribution in [3.63, 3.8) is 0 Å². The molecule has 0 aromatic heterocycles. The van der Waals surface area contributed by atoms with E-state index in [0.717, 1.165) is 16.9 Å². The van der Waals surface area contributed by atoms with Crippen molar-refractivity contribution in [2.24, 2.45) is 5.84 Å². The molecule has 0 spiro atoms. The molecule has 3 N–H and O–H groups in total. The number of nitrogens with two attached hydrogens (primary N) is 1. The van der Waals surface area contributed by atoms with Gasteiger partial charge in [0, 0.05) is 5.56 Å². The molecule has 0 aliphatic rings. The lowest BCUT2D eigenvalue weighted by molar-refractivity contribution is 0.331. The van der Waals surface area contributed by atoms with Gasteiger partial charge in [-0.05, 0) is 37.1 Å². The summed E-state index contributed by atoms with van der Waals surface area (Å²) in [5.41, 5.74) is 4.82. The average Bonchev–Trinajstić information content (AvgIpc) is 2.48. The molecule has 1 unspecified atom stereocenters. The van der Waals surface area contributed by atoms with Gasteiger partial charge in [0.15, 0.2) is 0 Å². The van der Waals surface area contributed by atoms with Crippen LogP contribution in [0.2, 0.25) is 0 Å². The van der Waals surface area contributed by atoms with Crippen molar-refractivity contribution >= 4 is 0 Å². The lowest BCUT2D eigenvalue weighted by atomic mass is 9.98. The second kappa shape index (κ2) is 7.03. The van der Waals surface area contributed by atoms with Gasteiger partial charge in [0.2, 0.25) is 0 Å². The Morgan fingerprint density at radius 3 is 2.50 bits per heavy atom. The second-order valence-electron chi connectivity index (χ2n) is 4.52. The van der Waals surface area contributed by atoms with Crippen LogP contribution < -0.4 is 16.0 Å². The Morgan fingerprint density at radius 2 is 1.85 bits per heavy atom. The minimum atomic E-state index is -0.235. The molecule has 0 saturated carbocycles. The van der Waals surface area contributed by atoms with Crippen LogP contribution in [0.25, 0.3) is 0 Å². The van der Waals surface area contributed by atoms with Gasteiger partial charge in [0.05, 0.1) is 12.6 Å². The third kappa shape index (κ3) is 3.56. The normalized spacial score (nSPS) is 12.2. The van der Waals surface area contributed by atoms with Crippen molar-refractivity contribution in [2.75, 3.05) is 6.61 Å². The van der Waals surface area contributed by atoms with Crippen LogP contribution in [-0.4, -0.2) is 6.61 Å². The van der Waals surface area contributed by atoms with Gasteiger partial charge in [0.1, 0.15) is 11.6 Å². The first-order valence-electron chi connectivity index (χ1n) is 6.67. The van der Waals surface area contributed by atoms with E-state index < -0.39 is 0 Å². The molecule has 4 heteroatoms. The lowest BCUT2D eigenvalue weighted by Crippen LogP contribution is -2.30. The van der Waals surface area contributed by atoms with Crippen molar-refractivity contribution in [3.8, 4) is 5.75 Å². The molecule has 2 rings (SSSR count). The zero-order valence-electron chi connectivity index (χ0n) is 11.5. The Hall–Kier alpha value is -1.91. The Kier molecular flexibility index (Phi) is 5.09. The maximum absolute atomic E-state index is 12.9. The summed E-state index contributed by atoms with van der Waals surface area (Å²) < 4.78 is 18.6. The number of hydrogen-bond acceptors (Lipinski definition) is 3. The molecule has 0 saturated heterocycles. The molecule has 0 amide bonds. The van der Waals surface area contributed by atoms with Crippen molar-refractivity contribution in [3.05, 3.63) is 65.5 Å². The summed E-state index contributed by atoms with van der Waals surface area (Å²) in [6.07, 6.45) is 0.668. The zero-order chi connectivity index (χ0) is 14.4. The number of ether oxygens (including phenoxy) is 1. The van der Waals surface area contributed by atoms with E-state index in [9.17, 15) is 4.39 Å². The fraction of sp³-hybridized carbons (Fsp3) is 0.250. The van der Waals surface area contributed by atoms with E-state index in [2.05, 4.69) is 5.43 Å². The minimum absolute atomic E-state index is 0.0804. The highest BCUT2D eigenvalue weighted by Gasteiger charge is 2.15. The Balaban J connectivity index is 2.21. The fourth-order valence-electron chi connectivity index (χ4n) is 2.17. The maximum atomic E-state index is 12.9. The van der Waals surface area contributed by atoms with Crippen LogP contribution in [0.15, 0.2) is 48.5 Å². The predicted molar refractivity (Wildman–Crippen MR) is 77.8 cm³/mol. The van der Waals surface area contributed by atoms with Gasteiger partial charge in [0.25, 0.3) is 0 Å². The Morgan fingerprint density at radius 1 is 1.15 bits per heavy atom. The highest BCUT2D eigenvalue weighted by Crippen LogP contribution is 2.27. The number of hydrazine groups is 1. The first-order chi connectivity index (χ1) is 9.74. The fourth-order valence-corrected chi connectivity index (χ4v) is 2.17. The number of benzene rings is 2. The first-order valence-corrected chi connectivity index (χ1v) is 6.67. The van der Waals surface area contributed by atoms with Crippen LogP contribution >= 0.6 is 0 Å². The molecule has 20 heavy (non-hydrogen) atoms. The van der Waals surface area contributed by atoms with Gasteiger partial charge in [-0.25, -0.2) is 4.39 Å². The van der Waals surface area contributed by atoms with Crippen molar-refractivity contribution in [1.29, 1.82) is 0 Å². The first kappa shape index (κ1) is 14.5. The monoisotopic (exact) mass is 274 g/mol. The molecule has 3 nitrogen and oxygen atoms in total. The van der Waals surface area contributed by atoms with E-state index in [-0.39, 0.29) is 11.9 Å². The molecular formula is C16H19FN2O. The van der Waals surface area contributed by atoms with Crippen LogP contribution in [0.5, 0.6) is 5.75 Å².